The highest BCUT2D eigenvalue weighted by Gasteiger charge is 2.01. The van der Waals surface area contributed by atoms with E-state index in [0.29, 0.717) is 6.54 Å². The summed E-state index contributed by atoms with van der Waals surface area (Å²) < 4.78 is 0. The molecule has 0 amide bonds. The van der Waals surface area contributed by atoms with Crippen LogP contribution in [0.1, 0.15) is 0 Å². The number of terminal acetylenes is 1. The number of nitrogens with one attached hydrogen (secondary N) is 2. The second-order valence-corrected chi connectivity index (χ2v) is 4.37. The van der Waals surface area contributed by atoms with Crippen LogP contribution < -0.4 is 5.32 Å². The molecule has 0 aliphatic rings. The van der Waals surface area contributed by atoms with Gasteiger partial charge in [0.05, 0.1) is 17.6 Å². The molecule has 2 N–H and O–H groups in total. The first kappa shape index (κ1) is 11.1. The molecule has 0 aliphatic carbocycles. The van der Waals surface area contributed by atoms with E-state index in [1.807, 2.05) is 24.3 Å². The van der Waals surface area contributed by atoms with E-state index in [-0.39, 0.29) is 0 Å². The molecule has 0 spiro atoms. The minimum atomic E-state index is 0.626. The van der Waals surface area contributed by atoms with Crippen LogP contribution in [0, 0.1) is 12.3 Å². The first-order valence-electron chi connectivity index (χ1n) is 5.12. The van der Waals surface area contributed by atoms with Gasteiger partial charge in [0.1, 0.15) is 0 Å². The Kier molecular flexibility index (Phi) is 3.86. The quantitative estimate of drug-likeness (QED) is 0.469. The zero-order valence-electron chi connectivity index (χ0n) is 8.86. The number of hydrogen-bond donors (Lipinski definition) is 2. The van der Waals surface area contributed by atoms with Gasteiger partial charge in [0.15, 0.2) is 5.16 Å². The van der Waals surface area contributed by atoms with Crippen molar-refractivity contribution in [2.24, 2.45) is 0 Å². The standard InChI is InChI=1S/C12H13N3S/c1-2-7-13-8-9-16-12-14-10-5-3-4-6-11(10)15-12/h1,3-6,13H,7-9H2,(H,14,15). The molecule has 1 aromatic heterocycles. The fourth-order valence-corrected chi connectivity index (χ4v) is 2.16. The lowest BCUT2D eigenvalue weighted by molar-refractivity contribution is 0.817. The summed E-state index contributed by atoms with van der Waals surface area (Å²) in [7, 11) is 0. The molecule has 0 bridgehead atoms. The SMILES string of the molecule is C#CCNCCSc1nc2ccccc2[nH]1. The third-order valence-corrected chi connectivity index (χ3v) is 2.99. The lowest BCUT2D eigenvalue weighted by Crippen LogP contribution is -2.16. The number of aromatic nitrogens is 2. The molecule has 2 rings (SSSR count). The third kappa shape index (κ3) is 2.78. The highest BCUT2D eigenvalue weighted by Crippen LogP contribution is 2.18. The maximum absolute atomic E-state index is 5.14. The molecule has 0 atom stereocenters. The second kappa shape index (κ2) is 5.59. The van der Waals surface area contributed by atoms with Crippen molar-refractivity contribution in [3.63, 3.8) is 0 Å². The Balaban J connectivity index is 1.88. The normalized spacial score (nSPS) is 10.4. The van der Waals surface area contributed by atoms with Crippen molar-refractivity contribution in [2.45, 2.75) is 5.16 Å². The van der Waals surface area contributed by atoms with Crippen molar-refractivity contribution in [2.75, 3.05) is 18.8 Å². The number of aromatic amines is 1. The van der Waals surface area contributed by atoms with Gasteiger partial charge in [-0.2, -0.15) is 0 Å². The molecule has 0 aliphatic heterocycles. The van der Waals surface area contributed by atoms with Crippen molar-refractivity contribution in [1.29, 1.82) is 0 Å². The number of rotatable bonds is 5. The number of thioether (sulfide) groups is 1. The molecule has 1 aromatic carbocycles. The maximum atomic E-state index is 5.14. The van der Waals surface area contributed by atoms with Gasteiger partial charge < -0.3 is 10.3 Å². The van der Waals surface area contributed by atoms with Gasteiger partial charge >= 0.3 is 0 Å². The fraction of sp³-hybridized carbons (Fsp3) is 0.250. The number of H-pyrrole nitrogens is 1. The topological polar surface area (TPSA) is 40.7 Å². The van der Waals surface area contributed by atoms with Crippen LogP contribution >= 0.6 is 11.8 Å². The van der Waals surface area contributed by atoms with E-state index < -0.39 is 0 Å². The molecule has 0 saturated heterocycles. The molecule has 0 fully saturated rings. The molecule has 0 unspecified atom stereocenters. The average molecular weight is 231 g/mol. The van der Waals surface area contributed by atoms with E-state index in [1.54, 1.807) is 11.8 Å². The molecule has 4 heteroatoms. The number of imidazole rings is 1. The van der Waals surface area contributed by atoms with Gasteiger partial charge in [-0.15, -0.1) is 6.42 Å². The van der Waals surface area contributed by atoms with E-state index in [0.717, 1.165) is 28.5 Å². The van der Waals surface area contributed by atoms with E-state index in [1.165, 1.54) is 0 Å². The van der Waals surface area contributed by atoms with Gasteiger partial charge in [-0.05, 0) is 12.1 Å². The highest BCUT2D eigenvalue weighted by molar-refractivity contribution is 7.99. The van der Waals surface area contributed by atoms with Crippen LogP contribution in [-0.2, 0) is 0 Å². The lowest BCUT2D eigenvalue weighted by atomic mass is 10.3. The Morgan fingerprint density at radius 3 is 3.12 bits per heavy atom. The van der Waals surface area contributed by atoms with Crippen LogP contribution in [0.3, 0.4) is 0 Å². The minimum absolute atomic E-state index is 0.626. The average Bonchev–Trinajstić information content (AvgIpc) is 2.71. The predicted molar refractivity (Wildman–Crippen MR) is 68.5 cm³/mol. The third-order valence-electron chi connectivity index (χ3n) is 2.11. The van der Waals surface area contributed by atoms with Crippen LogP contribution in [0.2, 0.25) is 0 Å². The lowest BCUT2D eigenvalue weighted by Gasteiger charge is -1.97. The molecule has 1 heterocycles. The zero-order valence-corrected chi connectivity index (χ0v) is 9.68. The van der Waals surface area contributed by atoms with E-state index in [9.17, 15) is 0 Å². The molecule has 0 saturated carbocycles. The summed E-state index contributed by atoms with van der Waals surface area (Å²) in [4.78, 5) is 7.74. The number of fused-ring (bicyclic) bond motifs is 1. The summed E-state index contributed by atoms with van der Waals surface area (Å²) in [5, 5.41) is 4.10. The van der Waals surface area contributed by atoms with Crippen LogP contribution in [0.4, 0.5) is 0 Å². The Hall–Kier alpha value is -1.44. The molecular weight excluding hydrogens is 218 g/mol. The molecule has 2 aromatic rings. The molecule has 3 nitrogen and oxygen atoms in total. The van der Waals surface area contributed by atoms with E-state index in [4.69, 9.17) is 6.42 Å². The van der Waals surface area contributed by atoms with Gasteiger partial charge in [0, 0.05) is 12.3 Å². The Labute approximate surface area is 99.0 Å². The Bertz CT molecular complexity index is 465. The van der Waals surface area contributed by atoms with Crippen LogP contribution in [0.25, 0.3) is 11.0 Å². The maximum Gasteiger partial charge on any atom is 0.166 e. The predicted octanol–water partition coefficient (Wildman–Crippen LogP) is 1.88. The molecular formula is C12H13N3S. The van der Waals surface area contributed by atoms with Gasteiger partial charge in [-0.3, -0.25) is 0 Å². The van der Waals surface area contributed by atoms with Crippen molar-refractivity contribution >= 4 is 22.8 Å². The second-order valence-electron chi connectivity index (χ2n) is 3.29. The van der Waals surface area contributed by atoms with Crippen LogP contribution in [-0.4, -0.2) is 28.8 Å². The van der Waals surface area contributed by atoms with Crippen molar-refractivity contribution in [3.8, 4) is 12.3 Å². The number of hydrogen-bond acceptors (Lipinski definition) is 3. The first-order chi connectivity index (χ1) is 7.90. The van der Waals surface area contributed by atoms with Gasteiger partial charge in [0.2, 0.25) is 0 Å². The fourth-order valence-electron chi connectivity index (χ4n) is 1.38. The zero-order chi connectivity index (χ0) is 11.2. The van der Waals surface area contributed by atoms with Crippen LogP contribution in [0.15, 0.2) is 29.4 Å². The summed E-state index contributed by atoms with van der Waals surface area (Å²) in [6.45, 7) is 1.52. The monoisotopic (exact) mass is 231 g/mol. The van der Waals surface area contributed by atoms with Gasteiger partial charge in [0.25, 0.3) is 0 Å². The van der Waals surface area contributed by atoms with Crippen molar-refractivity contribution in [3.05, 3.63) is 24.3 Å². The van der Waals surface area contributed by atoms with E-state index in [2.05, 4.69) is 21.2 Å². The minimum Gasteiger partial charge on any atom is -0.333 e. The Morgan fingerprint density at radius 2 is 2.31 bits per heavy atom. The van der Waals surface area contributed by atoms with E-state index >= 15 is 0 Å². The summed E-state index contributed by atoms with van der Waals surface area (Å²) in [6.07, 6.45) is 5.14. The van der Waals surface area contributed by atoms with Gasteiger partial charge in [-0.1, -0.05) is 29.8 Å². The molecule has 0 radical (unpaired) electrons. The smallest absolute Gasteiger partial charge is 0.166 e. The molecule has 82 valence electrons. The number of para-hydroxylation sites is 2. The van der Waals surface area contributed by atoms with Crippen molar-refractivity contribution < 1.29 is 0 Å². The molecule has 16 heavy (non-hydrogen) atoms. The highest BCUT2D eigenvalue weighted by atomic mass is 32.2. The summed E-state index contributed by atoms with van der Waals surface area (Å²) in [6, 6.07) is 8.03. The summed E-state index contributed by atoms with van der Waals surface area (Å²) in [5.74, 6) is 3.50. The number of nitrogens with zero attached hydrogens (tertiary/aromatic N) is 1. The van der Waals surface area contributed by atoms with Gasteiger partial charge in [-0.25, -0.2) is 4.98 Å². The Morgan fingerprint density at radius 1 is 1.44 bits per heavy atom. The number of benzene rings is 1. The van der Waals surface area contributed by atoms with Crippen LogP contribution in [0.5, 0.6) is 0 Å². The summed E-state index contributed by atoms with van der Waals surface area (Å²) >= 11 is 1.70. The summed E-state index contributed by atoms with van der Waals surface area (Å²) in [5.41, 5.74) is 2.10. The van der Waals surface area contributed by atoms with Crippen molar-refractivity contribution in [1.82, 2.24) is 15.3 Å². The first-order valence-corrected chi connectivity index (χ1v) is 6.10. The largest absolute Gasteiger partial charge is 0.333 e.